The summed E-state index contributed by atoms with van der Waals surface area (Å²) < 4.78 is 19.9. The van der Waals surface area contributed by atoms with Crippen molar-refractivity contribution >= 4 is 44.0 Å². The second-order valence-corrected chi connectivity index (χ2v) is 23.4. The van der Waals surface area contributed by atoms with Crippen LogP contribution in [0.3, 0.4) is 0 Å². The number of rotatable bonds is 10. The summed E-state index contributed by atoms with van der Waals surface area (Å²) in [5, 5.41) is 3.43. The Hall–Kier alpha value is -0.0425. The summed E-state index contributed by atoms with van der Waals surface area (Å²) >= 11 is 0. The predicted molar refractivity (Wildman–Crippen MR) is 126 cm³/mol. The summed E-state index contributed by atoms with van der Waals surface area (Å²) in [6.45, 7) is 25.4. The lowest BCUT2D eigenvalue weighted by Crippen LogP contribution is -2.65. The number of nitrogens with one attached hydrogen (secondary N) is 1. The zero-order valence-electron chi connectivity index (χ0n) is 19.3. The van der Waals surface area contributed by atoms with E-state index in [-0.39, 0.29) is 26.7 Å². The quantitative estimate of drug-likeness (QED) is 0.411. The van der Waals surface area contributed by atoms with Gasteiger partial charge in [0.15, 0.2) is 29.3 Å². The molecule has 0 radical (unpaired) electrons. The molecule has 0 aromatic carbocycles. The van der Waals surface area contributed by atoms with Crippen LogP contribution in [0.2, 0.25) is 15.1 Å². The van der Waals surface area contributed by atoms with Crippen molar-refractivity contribution in [3.05, 3.63) is 12.7 Å². The molecule has 0 spiro atoms. The van der Waals surface area contributed by atoms with Gasteiger partial charge >= 0.3 is 8.80 Å². The minimum Gasteiger partial charge on any atom is -0.421 e. The van der Waals surface area contributed by atoms with Gasteiger partial charge in [0.2, 0.25) is 5.91 Å². The van der Waals surface area contributed by atoms with Gasteiger partial charge in [-0.1, -0.05) is 75.8 Å². The fourth-order valence-electron chi connectivity index (χ4n) is 2.05. The van der Waals surface area contributed by atoms with Crippen LogP contribution >= 0.6 is 0 Å². The van der Waals surface area contributed by atoms with Crippen LogP contribution in [0, 0.1) is 0 Å². The molecule has 0 aliphatic heterocycles. The van der Waals surface area contributed by atoms with Gasteiger partial charge in [-0.2, -0.15) is 0 Å². The highest BCUT2D eigenvalue weighted by molar-refractivity contribution is 6.75. The maximum absolute atomic E-state index is 12.1. The standard InChI is InChI=1S/C18H43NO4Si4/c1-12-14(20)19-15(13-2)27(21-24-16(3,4)5,22-25-17(6,7)8)23-26-18(9,10)11/h12,15H,1,13,24-26H2,2-11H3,(H,19,20). The smallest absolute Gasteiger partial charge is 0.421 e. The molecule has 1 N–H and O–H groups in total. The lowest BCUT2D eigenvalue weighted by Gasteiger charge is -2.41. The maximum Gasteiger partial charge on any atom is 0.492 e. The predicted octanol–water partition coefficient (Wildman–Crippen LogP) is 2.50. The molecule has 0 aliphatic carbocycles. The monoisotopic (exact) mass is 449 g/mol. The van der Waals surface area contributed by atoms with E-state index in [9.17, 15) is 4.79 Å². The molecule has 0 rings (SSSR count). The van der Waals surface area contributed by atoms with Gasteiger partial charge in [-0.25, -0.2) is 0 Å². The van der Waals surface area contributed by atoms with E-state index in [2.05, 4.69) is 81.1 Å². The molecule has 5 nitrogen and oxygen atoms in total. The first-order chi connectivity index (χ1) is 12.0. The number of amides is 1. The number of hydrogen-bond donors (Lipinski definition) is 1. The molecular formula is C18H43NO4Si4. The molecule has 27 heavy (non-hydrogen) atoms. The molecule has 0 aromatic heterocycles. The number of carbonyl (C=O) groups is 1. The summed E-state index contributed by atoms with van der Waals surface area (Å²) in [4.78, 5) is 12.1. The number of hydrogen-bond acceptors (Lipinski definition) is 4. The van der Waals surface area contributed by atoms with Crippen molar-refractivity contribution in [1.82, 2.24) is 5.32 Å². The molecule has 0 saturated carbocycles. The molecule has 0 heterocycles. The molecule has 1 amide bonds. The zero-order valence-corrected chi connectivity index (χ0v) is 24.6. The molecule has 0 bridgehead atoms. The Kier molecular flexibility index (Phi) is 10.6. The van der Waals surface area contributed by atoms with Crippen LogP contribution in [0.25, 0.3) is 0 Å². The van der Waals surface area contributed by atoms with Crippen LogP contribution in [0.4, 0.5) is 0 Å². The molecule has 0 aromatic rings. The lowest BCUT2D eigenvalue weighted by atomic mass is 10.3. The van der Waals surface area contributed by atoms with E-state index in [1.807, 2.05) is 0 Å². The van der Waals surface area contributed by atoms with Gasteiger partial charge in [0.25, 0.3) is 0 Å². The molecule has 0 saturated heterocycles. The Bertz CT molecular complexity index is 436. The second-order valence-electron chi connectivity index (χ2n) is 10.8. The van der Waals surface area contributed by atoms with Gasteiger partial charge in [0.05, 0.1) is 5.67 Å². The van der Waals surface area contributed by atoms with Gasteiger partial charge < -0.3 is 17.7 Å². The van der Waals surface area contributed by atoms with Gasteiger partial charge in [-0.05, 0) is 27.6 Å². The Morgan fingerprint density at radius 2 is 1.26 bits per heavy atom. The fourth-order valence-corrected chi connectivity index (χ4v) is 16.1. The highest BCUT2D eigenvalue weighted by Gasteiger charge is 2.50. The molecule has 160 valence electrons. The second kappa shape index (κ2) is 10.7. The van der Waals surface area contributed by atoms with E-state index in [1.165, 1.54) is 6.08 Å². The molecule has 9 heteroatoms. The van der Waals surface area contributed by atoms with E-state index >= 15 is 0 Å². The van der Waals surface area contributed by atoms with Gasteiger partial charge in [-0.3, -0.25) is 4.79 Å². The first-order valence-corrected chi connectivity index (χ1v) is 15.5. The van der Waals surface area contributed by atoms with E-state index in [4.69, 9.17) is 12.3 Å². The van der Waals surface area contributed by atoms with Crippen molar-refractivity contribution in [1.29, 1.82) is 0 Å². The summed E-state index contributed by atoms with van der Waals surface area (Å²) in [5.41, 5.74) is -0.220. The van der Waals surface area contributed by atoms with E-state index in [0.29, 0.717) is 0 Å². The highest BCUT2D eigenvalue weighted by Crippen LogP contribution is 2.30. The molecule has 0 fully saturated rings. The fraction of sp³-hybridized carbons (Fsp3) is 0.833. The Morgan fingerprint density at radius 1 is 0.926 bits per heavy atom. The van der Waals surface area contributed by atoms with Crippen LogP contribution in [-0.2, 0) is 17.1 Å². The summed E-state index contributed by atoms with van der Waals surface area (Å²) in [6, 6.07) is 0. The Labute approximate surface area is 175 Å². The van der Waals surface area contributed by atoms with Crippen molar-refractivity contribution in [3.63, 3.8) is 0 Å². The van der Waals surface area contributed by atoms with E-state index < -0.39 is 38.1 Å². The third-order valence-electron chi connectivity index (χ3n) is 3.46. The summed E-state index contributed by atoms with van der Waals surface area (Å²) in [5.74, 6) is -0.193. The zero-order chi connectivity index (χ0) is 21.5. The maximum atomic E-state index is 12.1. The molecule has 0 aliphatic rings. The molecule has 1 atom stereocenters. The minimum atomic E-state index is -3.03. The van der Waals surface area contributed by atoms with Crippen molar-refractivity contribution in [2.75, 3.05) is 0 Å². The van der Waals surface area contributed by atoms with E-state index in [0.717, 1.165) is 6.42 Å². The SMILES string of the molecule is C=CC(=O)NC(CC)[Si](O[SiH2]C(C)(C)C)(O[SiH2]C(C)(C)C)O[SiH2]C(C)(C)C. The molecular weight excluding hydrogens is 407 g/mol. The van der Waals surface area contributed by atoms with Crippen molar-refractivity contribution in [2.24, 2.45) is 0 Å². The molecule has 1 unspecified atom stereocenters. The highest BCUT2D eigenvalue weighted by atomic mass is 28.5. The van der Waals surface area contributed by atoms with E-state index in [1.54, 1.807) is 0 Å². The van der Waals surface area contributed by atoms with Gasteiger partial charge in [0.1, 0.15) is 0 Å². The van der Waals surface area contributed by atoms with Crippen molar-refractivity contribution in [3.8, 4) is 0 Å². The Balaban J connectivity index is 5.89. The van der Waals surface area contributed by atoms with Crippen molar-refractivity contribution < 1.29 is 17.1 Å². The van der Waals surface area contributed by atoms with Crippen LogP contribution < -0.4 is 5.32 Å². The third kappa shape index (κ3) is 12.2. The third-order valence-corrected chi connectivity index (χ3v) is 14.0. The summed E-state index contributed by atoms with van der Waals surface area (Å²) in [6.07, 6.45) is 2.03. The van der Waals surface area contributed by atoms with Crippen LogP contribution in [0.5, 0.6) is 0 Å². The largest absolute Gasteiger partial charge is 0.492 e. The topological polar surface area (TPSA) is 56.8 Å². The normalized spacial score (nSPS) is 17.9. The average Bonchev–Trinajstić information content (AvgIpc) is 2.49. The Morgan fingerprint density at radius 3 is 1.48 bits per heavy atom. The van der Waals surface area contributed by atoms with Crippen LogP contribution in [-0.4, -0.2) is 49.7 Å². The van der Waals surface area contributed by atoms with Crippen LogP contribution in [0.15, 0.2) is 12.7 Å². The van der Waals surface area contributed by atoms with Crippen molar-refractivity contribution in [2.45, 2.75) is 96.4 Å². The number of carbonyl (C=O) groups excluding carboxylic acids is 1. The average molecular weight is 450 g/mol. The minimum absolute atomic E-state index is 0.123. The first kappa shape index (κ1) is 27.0. The van der Waals surface area contributed by atoms with Gasteiger partial charge in [0, 0.05) is 0 Å². The summed E-state index contributed by atoms with van der Waals surface area (Å²) in [7, 11) is -5.72. The van der Waals surface area contributed by atoms with Crippen LogP contribution in [0.1, 0.15) is 75.7 Å². The lowest BCUT2D eigenvalue weighted by molar-refractivity contribution is -0.117. The van der Waals surface area contributed by atoms with Gasteiger partial charge in [-0.15, -0.1) is 0 Å². The first-order valence-electron chi connectivity index (χ1n) is 9.88.